The molecule has 0 aliphatic carbocycles. The monoisotopic (exact) mass is 418 g/mol. The second-order valence-corrected chi connectivity index (χ2v) is 7.36. The van der Waals surface area contributed by atoms with Crippen molar-refractivity contribution in [2.75, 3.05) is 38.2 Å². The van der Waals surface area contributed by atoms with Crippen molar-refractivity contribution in [2.24, 2.45) is 0 Å². The van der Waals surface area contributed by atoms with Crippen molar-refractivity contribution >= 4 is 23.2 Å². The maximum atomic E-state index is 12.4. The van der Waals surface area contributed by atoms with Gasteiger partial charge in [0, 0.05) is 42.3 Å². The number of benzene rings is 2. The van der Waals surface area contributed by atoms with Crippen LogP contribution >= 0.6 is 11.6 Å². The fourth-order valence-electron chi connectivity index (χ4n) is 3.34. The van der Waals surface area contributed by atoms with Gasteiger partial charge in [0.25, 0.3) is 0 Å². The van der Waals surface area contributed by atoms with E-state index in [4.69, 9.17) is 21.1 Å². The average molecular weight is 419 g/mol. The van der Waals surface area contributed by atoms with Crippen LogP contribution in [0, 0.1) is 0 Å². The summed E-state index contributed by atoms with van der Waals surface area (Å²) in [6.07, 6.45) is 0.372. The second-order valence-electron chi connectivity index (χ2n) is 6.92. The van der Waals surface area contributed by atoms with Crippen molar-refractivity contribution in [3.05, 3.63) is 58.6 Å². The lowest BCUT2D eigenvalue weighted by Crippen LogP contribution is -2.39. The number of rotatable bonds is 8. The fraction of sp³-hybridized carbons (Fsp3) is 0.409. The zero-order valence-electron chi connectivity index (χ0n) is 16.6. The van der Waals surface area contributed by atoms with Crippen LogP contribution in [0.3, 0.4) is 0 Å². The highest BCUT2D eigenvalue weighted by Gasteiger charge is 2.22. The first-order valence-corrected chi connectivity index (χ1v) is 10.2. The van der Waals surface area contributed by atoms with Gasteiger partial charge in [-0.2, -0.15) is 0 Å². The molecule has 0 spiro atoms. The zero-order chi connectivity index (χ0) is 20.6. The van der Waals surface area contributed by atoms with Gasteiger partial charge in [0.15, 0.2) is 0 Å². The van der Waals surface area contributed by atoms with Crippen LogP contribution in [0.15, 0.2) is 42.5 Å². The third kappa shape index (κ3) is 6.18. The van der Waals surface area contributed by atoms with Crippen LogP contribution in [-0.2, 0) is 16.1 Å². The number of ether oxygens (including phenoxy) is 2. The summed E-state index contributed by atoms with van der Waals surface area (Å²) in [5.74, 6) is 0.571. The van der Waals surface area contributed by atoms with Crippen LogP contribution in [0.5, 0.6) is 5.75 Å². The number of aliphatic hydroxyl groups excluding tert-OH is 1. The first-order valence-electron chi connectivity index (χ1n) is 9.85. The minimum atomic E-state index is -0.140. The molecule has 6 nitrogen and oxygen atoms in total. The number of hydrogen-bond acceptors (Lipinski definition) is 5. The summed E-state index contributed by atoms with van der Waals surface area (Å²) in [5, 5.41) is 13.1. The number of carbonyl (C=O) groups excluding carboxylic acids is 1. The summed E-state index contributed by atoms with van der Waals surface area (Å²) < 4.78 is 11.3. The highest BCUT2D eigenvalue weighted by molar-refractivity contribution is 6.30. The van der Waals surface area contributed by atoms with E-state index in [1.807, 2.05) is 31.2 Å². The van der Waals surface area contributed by atoms with Gasteiger partial charge in [-0.3, -0.25) is 9.69 Å². The van der Waals surface area contributed by atoms with Crippen LogP contribution in [0.25, 0.3) is 0 Å². The van der Waals surface area contributed by atoms with Crippen LogP contribution in [0.1, 0.15) is 30.6 Å². The molecule has 1 aliphatic rings. The normalized spacial score (nSPS) is 17.1. The van der Waals surface area contributed by atoms with Gasteiger partial charge in [-0.15, -0.1) is 0 Å². The molecule has 0 radical (unpaired) electrons. The predicted molar refractivity (Wildman–Crippen MR) is 113 cm³/mol. The SMILES string of the molecule is CCOc1ccc(NC(=O)CCN2CCO[C@H](c3ccc(Cl)cc3)C2)cc1CO. The molecule has 0 unspecified atom stereocenters. The van der Waals surface area contributed by atoms with Crippen molar-refractivity contribution in [3.8, 4) is 5.75 Å². The summed E-state index contributed by atoms with van der Waals surface area (Å²) in [7, 11) is 0. The molecule has 1 amide bonds. The van der Waals surface area contributed by atoms with E-state index in [1.165, 1.54) is 0 Å². The molecular weight excluding hydrogens is 392 g/mol. The lowest BCUT2D eigenvalue weighted by molar-refractivity contribution is -0.117. The van der Waals surface area contributed by atoms with Gasteiger partial charge in [-0.1, -0.05) is 23.7 Å². The highest BCUT2D eigenvalue weighted by atomic mass is 35.5. The Morgan fingerprint density at radius 2 is 2.10 bits per heavy atom. The molecule has 3 rings (SSSR count). The van der Waals surface area contributed by atoms with E-state index in [0.717, 1.165) is 18.7 Å². The molecule has 1 atom stereocenters. The number of hydrogen-bond donors (Lipinski definition) is 2. The number of anilines is 1. The number of morpholine rings is 1. The summed E-state index contributed by atoms with van der Waals surface area (Å²) in [6.45, 7) is 5.10. The maximum Gasteiger partial charge on any atom is 0.225 e. The van der Waals surface area contributed by atoms with E-state index in [0.29, 0.717) is 48.2 Å². The van der Waals surface area contributed by atoms with Crippen molar-refractivity contribution < 1.29 is 19.4 Å². The minimum Gasteiger partial charge on any atom is -0.494 e. The Bertz CT molecular complexity index is 813. The number of halogens is 1. The Morgan fingerprint density at radius 1 is 1.31 bits per heavy atom. The van der Waals surface area contributed by atoms with Gasteiger partial charge < -0.3 is 19.9 Å². The molecule has 2 aromatic rings. The second kappa shape index (κ2) is 10.6. The van der Waals surface area contributed by atoms with Crippen molar-refractivity contribution in [3.63, 3.8) is 0 Å². The standard InChI is InChI=1S/C22H27ClN2O4/c1-2-28-20-8-7-19(13-17(20)15-26)24-22(27)9-10-25-11-12-29-21(14-25)16-3-5-18(23)6-4-16/h3-8,13,21,26H,2,9-12,14-15H2,1H3,(H,24,27)/t21-/m0/s1. The Balaban J connectivity index is 1.50. The van der Waals surface area contributed by atoms with Gasteiger partial charge in [0.1, 0.15) is 5.75 Å². The largest absolute Gasteiger partial charge is 0.494 e. The Morgan fingerprint density at radius 3 is 2.83 bits per heavy atom. The quantitative estimate of drug-likeness (QED) is 0.685. The molecule has 1 heterocycles. The van der Waals surface area contributed by atoms with E-state index >= 15 is 0 Å². The van der Waals surface area contributed by atoms with Crippen LogP contribution in [-0.4, -0.2) is 48.8 Å². The predicted octanol–water partition coefficient (Wildman–Crippen LogP) is 3.63. The van der Waals surface area contributed by atoms with Gasteiger partial charge in [0.05, 0.1) is 25.9 Å². The molecular formula is C22H27ClN2O4. The molecule has 0 saturated carbocycles. The molecule has 2 N–H and O–H groups in total. The first kappa shape index (κ1) is 21.6. The lowest BCUT2D eigenvalue weighted by atomic mass is 10.1. The highest BCUT2D eigenvalue weighted by Crippen LogP contribution is 2.25. The van der Waals surface area contributed by atoms with Gasteiger partial charge in [-0.25, -0.2) is 0 Å². The van der Waals surface area contributed by atoms with Gasteiger partial charge in [0.2, 0.25) is 5.91 Å². The van der Waals surface area contributed by atoms with E-state index in [9.17, 15) is 9.90 Å². The number of amides is 1. The molecule has 29 heavy (non-hydrogen) atoms. The van der Waals surface area contributed by atoms with E-state index in [2.05, 4.69) is 10.2 Å². The van der Waals surface area contributed by atoms with Crippen LogP contribution in [0.4, 0.5) is 5.69 Å². The first-order chi connectivity index (χ1) is 14.1. The number of carbonyl (C=O) groups is 1. The molecule has 1 aliphatic heterocycles. The number of nitrogens with one attached hydrogen (secondary N) is 1. The lowest BCUT2D eigenvalue weighted by Gasteiger charge is -2.33. The summed E-state index contributed by atoms with van der Waals surface area (Å²) in [4.78, 5) is 14.6. The van der Waals surface area contributed by atoms with Gasteiger partial charge in [-0.05, 0) is 42.8 Å². The molecule has 2 aromatic carbocycles. The summed E-state index contributed by atoms with van der Waals surface area (Å²) >= 11 is 5.96. The van der Waals surface area contributed by atoms with E-state index in [-0.39, 0.29) is 18.6 Å². The Labute approximate surface area is 176 Å². The molecule has 1 saturated heterocycles. The van der Waals surface area contributed by atoms with Gasteiger partial charge >= 0.3 is 0 Å². The minimum absolute atomic E-state index is 0.0118. The number of aliphatic hydroxyl groups is 1. The van der Waals surface area contributed by atoms with Crippen molar-refractivity contribution in [1.82, 2.24) is 4.90 Å². The summed E-state index contributed by atoms with van der Waals surface area (Å²) in [6, 6.07) is 13.0. The van der Waals surface area contributed by atoms with Crippen molar-refractivity contribution in [2.45, 2.75) is 26.1 Å². The third-order valence-electron chi connectivity index (χ3n) is 4.86. The smallest absolute Gasteiger partial charge is 0.225 e. The van der Waals surface area contributed by atoms with E-state index in [1.54, 1.807) is 18.2 Å². The topological polar surface area (TPSA) is 71.0 Å². The Hall–Kier alpha value is -2.12. The molecule has 7 heteroatoms. The third-order valence-corrected chi connectivity index (χ3v) is 5.11. The van der Waals surface area contributed by atoms with Crippen LogP contribution < -0.4 is 10.1 Å². The zero-order valence-corrected chi connectivity index (χ0v) is 17.3. The number of nitrogens with zero attached hydrogens (tertiary/aromatic N) is 1. The molecule has 1 fully saturated rings. The van der Waals surface area contributed by atoms with E-state index < -0.39 is 0 Å². The Kier molecular flexibility index (Phi) is 7.89. The molecule has 0 bridgehead atoms. The maximum absolute atomic E-state index is 12.4. The van der Waals surface area contributed by atoms with Crippen molar-refractivity contribution in [1.29, 1.82) is 0 Å². The average Bonchev–Trinajstić information content (AvgIpc) is 2.74. The summed E-state index contributed by atoms with van der Waals surface area (Å²) in [5.41, 5.74) is 2.40. The molecule has 0 aromatic heterocycles. The van der Waals surface area contributed by atoms with Crippen LogP contribution in [0.2, 0.25) is 5.02 Å². The fourth-order valence-corrected chi connectivity index (χ4v) is 3.47. The molecule has 156 valence electrons.